The number of nitro benzene ring substituents is 1. The molecule has 1 N–H and O–H groups in total. The van der Waals surface area contributed by atoms with Crippen molar-refractivity contribution in [3.63, 3.8) is 0 Å². The summed E-state index contributed by atoms with van der Waals surface area (Å²) in [4.78, 5) is 22.4. The van der Waals surface area contributed by atoms with E-state index in [1.165, 1.54) is 18.2 Å². The van der Waals surface area contributed by atoms with E-state index >= 15 is 0 Å². The Morgan fingerprint density at radius 1 is 1.30 bits per heavy atom. The summed E-state index contributed by atoms with van der Waals surface area (Å²) in [7, 11) is 0. The molecule has 0 saturated heterocycles. The van der Waals surface area contributed by atoms with Gasteiger partial charge >= 0.3 is 0 Å². The van der Waals surface area contributed by atoms with Crippen LogP contribution in [0.1, 0.15) is 5.69 Å². The van der Waals surface area contributed by atoms with E-state index in [4.69, 9.17) is 4.52 Å². The molecule has 1 aromatic heterocycles. The molecule has 0 fully saturated rings. The topological polar surface area (TPSA) is 98.3 Å². The number of amides is 1. The first-order chi connectivity index (χ1) is 11.0. The van der Waals surface area contributed by atoms with Crippen LogP contribution in [-0.2, 0) is 11.2 Å². The normalized spacial score (nSPS) is 10.7. The van der Waals surface area contributed by atoms with Crippen molar-refractivity contribution in [2.45, 2.75) is 6.42 Å². The van der Waals surface area contributed by atoms with Gasteiger partial charge < -0.3 is 9.84 Å². The van der Waals surface area contributed by atoms with Crippen LogP contribution in [0.4, 0.5) is 11.4 Å². The van der Waals surface area contributed by atoms with E-state index in [-0.39, 0.29) is 18.0 Å². The second-order valence-corrected chi connectivity index (χ2v) is 5.63. The fourth-order valence-electron chi connectivity index (χ4n) is 2.16. The number of anilines is 1. The highest BCUT2D eigenvalue weighted by molar-refractivity contribution is 9.10. The van der Waals surface area contributed by atoms with Gasteiger partial charge in [0, 0.05) is 17.1 Å². The summed E-state index contributed by atoms with van der Waals surface area (Å²) in [6.45, 7) is 0. The molecule has 1 amide bonds. The van der Waals surface area contributed by atoms with Crippen molar-refractivity contribution >= 4 is 44.2 Å². The average Bonchev–Trinajstić information content (AvgIpc) is 2.90. The minimum absolute atomic E-state index is 0.0472. The Balaban J connectivity index is 1.75. The monoisotopic (exact) mass is 375 g/mol. The summed E-state index contributed by atoms with van der Waals surface area (Å²) in [5.41, 5.74) is 1.55. The van der Waals surface area contributed by atoms with Crippen molar-refractivity contribution in [3.8, 4) is 0 Å². The molecule has 8 heteroatoms. The number of hydrogen-bond donors (Lipinski definition) is 1. The first kappa shape index (κ1) is 15.2. The first-order valence-electron chi connectivity index (χ1n) is 6.61. The molecule has 0 saturated carbocycles. The van der Waals surface area contributed by atoms with E-state index in [1.807, 2.05) is 18.2 Å². The van der Waals surface area contributed by atoms with Crippen LogP contribution < -0.4 is 5.32 Å². The molecule has 7 nitrogen and oxygen atoms in total. The second kappa shape index (κ2) is 6.17. The molecule has 116 valence electrons. The van der Waals surface area contributed by atoms with Gasteiger partial charge in [0.1, 0.15) is 5.69 Å². The molecule has 0 aliphatic carbocycles. The molecule has 1 heterocycles. The van der Waals surface area contributed by atoms with E-state index in [9.17, 15) is 14.9 Å². The Hall–Kier alpha value is -2.74. The fourth-order valence-corrected chi connectivity index (χ4v) is 2.68. The first-order valence-corrected chi connectivity index (χ1v) is 7.41. The van der Waals surface area contributed by atoms with Gasteiger partial charge in [-0.25, -0.2) is 0 Å². The minimum Gasteiger partial charge on any atom is -0.356 e. The summed E-state index contributed by atoms with van der Waals surface area (Å²) in [5, 5.41) is 18.1. The fraction of sp³-hybridized carbons (Fsp3) is 0.0667. The molecule has 0 radical (unpaired) electrons. The van der Waals surface area contributed by atoms with Crippen LogP contribution in [0, 0.1) is 10.1 Å². The SMILES string of the molecule is O=C(Cc1noc2ccccc12)Nc1ccc([N+](=O)[O-])c(Br)c1. The number of aromatic nitrogens is 1. The zero-order chi connectivity index (χ0) is 16.4. The summed E-state index contributed by atoms with van der Waals surface area (Å²) in [6, 6.07) is 11.6. The number of nitro groups is 1. The van der Waals surface area contributed by atoms with Crippen LogP contribution in [0.25, 0.3) is 11.0 Å². The van der Waals surface area contributed by atoms with E-state index < -0.39 is 4.92 Å². The van der Waals surface area contributed by atoms with Gasteiger partial charge in [-0.3, -0.25) is 14.9 Å². The van der Waals surface area contributed by atoms with Gasteiger partial charge in [-0.1, -0.05) is 17.3 Å². The highest BCUT2D eigenvalue weighted by Gasteiger charge is 2.15. The smallest absolute Gasteiger partial charge is 0.283 e. The number of halogens is 1. The predicted octanol–water partition coefficient (Wildman–Crippen LogP) is 3.68. The molecule has 3 aromatic rings. The van der Waals surface area contributed by atoms with Crippen molar-refractivity contribution in [1.29, 1.82) is 0 Å². The maximum Gasteiger partial charge on any atom is 0.283 e. The largest absolute Gasteiger partial charge is 0.356 e. The average molecular weight is 376 g/mol. The van der Waals surface area contributed by atoms with Gasteiger partial charge in [-0.05, 0) is 40.2 Å². The number of fused-ring (bicyclic) bond motifs is 1. The van der Waals surface area contributed by atoms with Crippen molar-refractivity contribution in [3.05, 3.63) is 62.7 Å². The third-order valence-electron chi connectivity index (χ3n) is 3.21. The summed E-state index contributed by atoms with van der Waals surface area (Å²) in [5.74, 6) is -0.287. The molecule has 0 unspecified atom stereocenters. The van der Waals surface area contributed by atoms with Crippen molar-refractivity contribution < 1.29 is 14.2 Å². The molecule has 3 rings (SSSR count). The molecule has 0 bridgehead atoms. The van der Waals surface area contributed by atoms with Gasteiger partial charge in [0.25, 0.3) is 5.69 Å². The van der Waals surface area contributed by atoms with E-state index in [0.29, 0.717) is 21.4 Å². The van der Waals surface area contributed by atoms with Crippen LogP contribution in [0.5, 0.6) is 0 Å². The Kier molecular flexibility index (Phi) is 4.07. The number of rotatable bonds is 4. The lowest BCUT2D eigenvalue weighted by atomic mass is 10.1. The Bertz CT molecular complexity index is 907. The standard InChI is InChI=1S/C15H10BrN3O4/c16-11-7-9(5-6-13(11)19(21)22)17-15(20)8-12-10-3-1-2-4-14(10)23-18-12/h1-7H,8H2,(H,17,20). The highest BCUT2D eigenvalue weighted by Crippen LogP contribution is 2.28. The lowest BCUT2D eigenvalue weighted by molar-refractivity contribution is -0.385. The quantitative estimate of drug-likeness (QED) is 0.553. The number of para-hydroxylation sites is 1. The van der Waals surface area contributed by atoms with Crippen LogP contribution >= 0.6 is 15.9 Å². The van der Waals surface area contributed by atoms with E-state index in [2.05, 4.69) is 26.4 Å². The van der Waals surface area contributed by atoms with Gasteiger partial charge in [-0.15, -0.1) is 0 Å². The van der Waals surface area contributed by atoms with Gasteiger partial charge in [0.2, 0.25) is 5.91 Å². The maximum absolute atomic E-state index is 12.1. The number of carbonyl (C=O) groups is 1. The second-order valence-electron chi connectivity index (χ2n) is 4.77. The molecule has 0 aliphatic heterocycles. The lowest BCUT2D eigenvalue weighted by Gasteiger charge is -2.05. The number of benzene rings is 2. The zero-order valence-corrected chi connectivity index (χ0v) is 13.2. The third-order valence-corrected chi connectivity index (χ3v) is 3.84. The van der Waals surface area contributed by atoms with Crippen molar-refractivity contribution in [1.82, 2.24) is 5.16 Å². The van der Waals surface area contributed by atoms with E-state index in [1.54, 1.807) is 6.07 Å². The number of carbonyl (C=O) groups excluding carboxylic acids is 1. The zero-order valence-electron chi connectivity index (χ0n) is 11.7. The number of nitrogens with zero attached hydrogens (tertiary/aromatic N) is 2. The molecule has 0 aliphatic rings. The molecule has 0 atom stereocenters. The van der Waals surface area contributed by atoms with Gasteiger partial charge in [0.15, 0.2) is 5.58 Å². The highest BCUT2D eigenvalue weighted by atomic mass is 79.9. The molecular formula is C15H10BrN3O4. The molecule has 2 aromatic carbocycles. The Morgan fingerprint density at radius 3 is 2.83 bits per heavy atom. The Morgan fingerprint density at radius 2 is 2.09 bits per heavy atom. The van der Waals surface area contributed by atoms with Gasteiger partial charge in [0.05, 0.1) is 15.8 Å². The van der Waals surface area contributed by atoms with Gasteiger partial charge in [-0.2, -0.15) is 0 Å². The summed E-state index contributed by atoms with van der Waals surface area (Å²) >= 11 is 3.11. The van der Waals surface area contributed by atoms with Crippen LogP contribution in [0.2, 0.25) is 0 Å². The molecular weight excluding hydrogens is 366 g/mol. The molecule has 0 spiro atoms. The number of hydrogen-bond acceptors (Lipinski definition) is 5. The van der Waals surface area contributed by atoms with Crippen molar-refractivity contribution in [2.24, 2.45) is 0 Å². The van der Waals surface area contributed by atoms with E-state index in [0.717, 1.165) is 5.39 Å². The van der Waals surface area contributed by atoms with Crippen LogP contribution in [0.15, 0.2) is 51.5 Å². The maximum atomic E-state index is 12.1. The van der Waals surface area contributed by atoms with Crippen molar-refractivity contribution in [2.75, 3.05) is 5.32 Å². The Labute approximate surface area is 138 Å². The summed E-state index contributed by atoms with van der Waals surface area (Å²) in [6.07, 6.45) is 0.0472. The van der Waals surface area contributed by atoms with Crippen LogP contribution in [-0.4, -0.2) is 16.0 Å². The predicted molar refractivity (Wildman–Crippen MR) is 87.1 cm³/mol. The molecule has 23 heavy (non-hydrogen) atoms. The number of nitrogens with one attached hydrogen (secondary N) is 1. The minimum atomic E-state index is -0.503. The summed E-state index contributed by atoms with van der Waals surface area (Å²) < 4.78 is 5.45. The van der Waals surface area contributed by atoms with Crippen LogP contribution in [0.3, 0.4) is 0 Å². The third kappa shape index (κ3) is 3.21. The lowest BCUT2D eigenvalue weighted by Crippen LogP contribution is -2.14.